The first-order valence-corrected chi connectivity index (χ1v) is 6.70. The second kappa shape index (κ2) is 5.83. The summed E-state index contributed by atoms with van der Waals surface area (Å²) in [7, 11) is 4.33. The molecular weight excluding hydrogens is 196 g/mol. The van der Waals surface area contributed by atoms with Crippen molar-refractivity contribution >= 4 is 0 Å². The third-order valence-corrected chi connectivity index (χ3v) is 4.42. The van der Waals surface area contributed by atoms with Crippen molar-refractivity contribution < 1.29 is 0 Å². The number of hydrogen-bond donors (Lipinski definition) is 1. The zero-order chi connectivity index (χ0) is 12.2. The van der Waals surface area contributed by atoms with Crippen molar-refractivity contribution in [3.05, 3.63) is 11.6 Å². The van der Waals surface area contributed by atoms with Crippen LogP contribution in [0.25, 0.3) is 0 Å². The van der Waals surface area contributed by atoms with Crippen molar-refractivity contribution in [3.63, 3.8) is 0 Å². The van der Waals surface area contributed by atoms with Crippen molar-refractivity contribution in [1.29, 1.82) is 0 Å². The quantitative estimate of drug-likeness (QED) is 0.728. The lowest BCUT2D eigenvalue weighted by molar-refractivity contribution is 0.117. The molecular formula is C14H28N2. The summed E-state index contributed by atoms with van der Waals surface area (Å²) in [5.41, 5.74) is 8.17. The summed E-state index contributed by atoms with van der Waals surface area (Å²) in [5, 5.41) is 0. The molecule has 2 N–H and O–H groups in total. The molecule has 0 aromatic carbocycles. The SMILES string of the molecule is CCC(CC)(C(N)C1=CCCCC1)N(C)C. The van der Waals surface area contributed by atoms with Gasteiger partial charge < -0.3 is 10.6 Å². The fourth-order valence-corrected chi connectivity index (χ4v) is 3.09. The molecule has 1 aliphatic rings. The molecule has 0 saturated carbocycles. The standard InChI is InChI=1S/C14H28N2/c1-5-14(6-2,16(3)4)13(15)12-10-8-7-9-11-12/h10,13H,5-9,11,15H2,1-4H3. The molecule has 1 unspecified atom stereocenters. The Morgan fingerprint density at radius 2 is 1.94 bits per heavy atom. The van der Waals surface area contributed by atoms with Crippen LogP contribution in [0.4, 0.5) is 0 Å². The largest absolute Gasteiger partial charge is 0.323 e. The molecule has 1 rings (SSSR count). The van der Waals surface area contributed by atoms with Crippen LogP contribution in [-0.4, -0.2) is 30.6 Å². The first-order chi connectivity index (χ1) is 7.58. The molecule has 0 amide bonds. The number of rotatable bonds is 5. The summed E-state index contributed by atoms with van der Waals surface area (Å²) < 4.78 is 0. The van der Waals surface area contributed by atoms with Crippen molar-refractivity contribution in [2.45, 2.75) is 64.0 Å². The third kappa shape index (κ3) is 2.49. The van der Waals surface area contributed by atoms with Gasteiger partial charge >= 0.3 is 0 Å². The van der Waals surface area contributed by atoms with E-state index in [1.807, 2.05) is 0 Å². The normalized spacial score (nSPS) is 19.8. The maximum absolute atomic E-state index is 6.54. The van der Waals surface area contributed by atoms with Crippen molar-refractivity contribution in [1.82, 2.24) is 4.90 Å². The lowest BCUT2D eigenvalue weighted by Crippen LogP contribution is -2.57. The summed E-state index contributed by atoms with van der Waals surface area (Å²) in [5.74, 6) is 0. The number of likely N-dealkylation sites (N-methyl/N-ethyl adjacent to an activating group) is 1. The molecule has 16 heavy (non-hydrogen) atoms. The molecule has 0 heterocycles. The molecule has 1 aliphatic carbocycles. The molecule has 1 atom stereocenters. The van der Waals surface area contributed by atoms with Crippen LogP contribution in [0.3, 0.4) is 0 Å². The van der Waals surface area contributed by atoms with E-state index in [-0.39, 0.29) is 11.6 Å². The molecule has 0 radical (unpaired) electrons. The Labute approximate surface area is 101 Å². The molecule has 0 aromatic rings. The van der Waals surface area contributed by atoms with E-state index in [0.717, 1.165) is 12.8 Å². The van der Waals surface area contributed by atoms with Crippen LogP contribution in [0.2, 0.25) is 0 Å². The minimum atomic E-state index is 0.142. The van der Waals surface area contributed by atoms with E-state index in [9.17, 15) is 0 Å². The third-order valence-electron chi connectivity index (χ3n) is 4.42. The van der Waals surface area contributed by atoms with Crippen LogP contribution in [0.5, 0.6) is 0 Å². The fraction of sp³-hybridized carbons (Fsp3) is 0.857. The van der Waals surface area contributed by atoms with Gasteiger partial charge in [0.1, 0.15) is 0 Å². The molecule has 0 aromatic heterocycles. The van der Waals surface area contributed by atoms with E-state index in [1.54, 1.807) is 0 Å². The minimum absolute atomic E-state index is 0.142. The Hall–Kier alpha value is -0.340. The predicted octanol–water partition coefficient (Wildman–Crippen LogP) is 2.93. The highest BCUT2D eigenvalue weighted by molar-refractivity contribution is 5.19. The zero-order valence-corrected chi connectivity index (χ0v) is 11.4. The van der Waals surface area contributed by atoms with Gasteiger partial charge in [-0.05, 0) is 52.6 Å². The summed E-state index contributed by atoms with van der Waals surface area (Å²) >= 11 is 0. The number of nitrogens with two attached hydrogens (primary N) is 1. The molecule has 2 heteroatoms. The Kier molecular flexibility index (Phi) is 5.00. The van der Waals surface area contributed by atoms with E-state index in [4.69, 9.17) is 5.73 Å². The molecule has 0 spiro atoms. The van der Waals surface area contributed by atoms with Gasteiger partial charge in [-0.25, -0.2) is 0 Å². The van der Waals surface area contributed by atoms with Gasteiger partial charge in [-0.2, -0.15) is 0 Å². The van der Waals surface area contributed by atoms with Gasteiger partial charge in [0.05, 0.1) is 0 Å². The maximum atomic E-state index is 6.54. The second-order valence-electron chi connectivity index (χ2n) is 5.21. The minimum Gasteiger partial charge on any atom is -0.323 e. The molecule has 94 valence electrons. The van der Waals surface area contributed by atoms with Crippen molar-refractivity contribution in [2.24, 2.45) is 5.73 Å². The summed E-state index contributed by atoms with van der Waals surface area (Å²) in [4.78, 5) is 2.33. The van der Waals surface area contributed by atoms with Gasteiger partial charge in [0.25, 0.3) is 0 Å². The number of nitrogens with zero attached hydrogens (tertiary/aromatic N) is 1. The maximum Gasteiger partial charge on any atom is 0.0440 e. The van der Waals surface area contributed by atoms with Crippen LogP contribution >= 0.6 is 0 Å². The lowest BCUT2D eigenvalue weighted by Gasteiger charge is -2.45. The van der Waals surface area contributed by atoms with E-state index in [2.05, 4.69) is 38.9 Å². The average molecular weight is 224 g/mol. The van der Waals surface area contributed by atoms with E-state index >= 15 is 0 Å². The summed E-state index contributed by atoms with van der Waals surface area (Å²) in [6, 6.07) is 0.206. The smallest absolute Gasteiger partial charge is 0.0440 e. The first-order valence-electron chi connectivity index (χ1n) is 6.70. The van der Waals surface area contributed by atoms with Gasteiger partial charge in [0.2, 0.25) is 0 Å². The molecule has 0 fully saturated rings. The Bertz CT molecular complexity index is 239. The molecule has 2 nitrogen and oxygen atoms in total. The Morgan fingerprint density at radius 1 is 1.31 bits per heavy atom. The summed E-state index contributed by atoms with van der Waals surface area (Å²) in [6.45, 7) is 4.51. The molecule has 0 bridgehead atoms. The van der Waals surface area contributed by atoms with Crippen molar-refractivity contribution in [2.75, 3.05) is 14.1 Å². The van der Waals surface area contributed by atoms with Gasteiger partial charge in [-0.1, -0.05) is 25.5 Å². The fourth-order valence-electron chi connectivity index (χ4n) is 3.09. The topological polar surface area (TPSA) is 29.3 Å². The average Bonchev–Trinajstić information content (AvgIpc) is 2.32. The first kappa shape index (κ1) is 13.7. The lowest BCUT2D eigenvalue weighted by atomic mass is 9.77. The number of hydrogen-bond acceptors (Lipinski definition) is 2. The highest BCUT2D eigenvalue weighted by Gasteiger charge is 2.37. The Morgan fingerprint density at radius 3 is 2.31 bits per heavy atom. The second-order valence-corrected chi connectivity index (χ2v) is 5.21. The van der Waals surface area contributed by atoms with E-state index in [1.165, 1.54) is 31.3 Å². The van der Waals surface area contributed by atoms with E-state index in [0.29, 0.717) is 0 Å². The van der Waals surface area contributed by atoms with Gasteiger partial charge in [0, 0.05) is 11.6 Å². The zero-order valence-electron chi connectivity index (χ0n) is 11.4. The monoisotopic (exact) mass is 224 g/mol. The van der Waals surface area contributed by atoms with Crippen LogP contribution in [0, 0.1) is 0 Å². The van der Waals surface area contributed by atoms with Crippen molar-refractivity contribution in [3.8, 4) is 0 Å². The summed E-state index contributed by atoms with van der Waals surface area (Å²) in [6.07, 6.45) is 9.71. The predicted molar refractivity (Wildman–Crippen MR) is 71.5 cm³/mol. The molecule has 0 saturated heterocycles. The van der Waals surface area contributed by atoms with Crippen LogP contribution in [-0.2, 0) is 0 Å². The van der Waals surface area contributed by atoms with Gasteiger partial charge in [0.15, 0.2) is 0 Å². The highest BCUT2D eigenvalue weighted by Crippen LogP contribution is 2.32. The van der Waals surface area contributed by atoms with E-state index < -0.39 is 0 Å². The highest BCUT2D eigenvalue weighted by atomic mass is 15.2. The van der Waals surface area contributed by atoms with Crippen LogP contribution in [0.15, 0.2) is 11.6 Å². The van der Waals surface area contributed by atoms with Gasteiger partial charge in [-0.3, -0.25) is 0 Å². The van der Waals surface area contributed by atoms with Gasteiger partial charge in [-0.15, -0.1) is 0 Å². The van der Waals surface area contributed by atoms with Crippen LogP contribution < -0.4 is 5.73 Å². The number of allylic oxidation sites excluding steroid dienone is 1. The Balaban J connectivity index is 2.89. The van der Waals surface area contributed by atoms with Crippen LogP contribution in [0.1, 0.15) is 52.4 Å². The molecule has 0 aliphatic heterocycles.